The van der Waals surface area contributed by atoms with Crippen LogP contribution in [-0.2, 0) is 23.3 Å². The van der Waals surface area contributed by atoms with Gasteiger partial charge in [0.2, 0.25) is 5.95 Å². The first-order valence-corrected chi connectivity index (χ1v) is 17.1. The average Bonchev–Trinajstić information content (AvgIpc) is 3.17. The standard InChI is InChI=1S/C24H38IN5O4Si/c1-24(2,3)34-23(32)28-12-16-8-9-17(13-28)30(16)22-26-20-19(21(31)27(22)4)18(25)14-29(20)15-33-10-11-35(5,6)7/h14,16-17H,8-13,15H2,1-7H3. The number of ether oxygens (including phenoxy) is 2. The second-order valence-corrected chi connectivity index (χ2v) is 18.7. The lowest BCUT2D eigenvalue weighted by Crippen LogP contribution is -2.57. The molecule has 9 nitrogen and oxygen atoms in total. The van der Waals surface area contributed by atoms with Crippen LogP contribution in [0.25, 0.3) is 11.0 Å². The molecule has 0 spiro atoms. The van der Waals surface area contributed by atoms with Crippen LogP contribution in [0.1, 0.15) is 33.6 Å². The minimum atomic E-state index is -1.18. The summed E-state index contributed by atoms with van der Waals surface area (Å²) < 4.78 is 16.1. The van der Waals surface area contributed by atoms with Gasteiger partial charge in [0.25, 0.3) is 5.56 Å². The lowest BCUT2D eigenvalue weighted by Gasteiger charge is -2.42. The lowest BCUT2D eigenvalue weighted by atomic mass is 10.2. The van der Waals surface area contributed by atoms with Gasteiger partial charge in [0.05, 0.1) is 17.5 Å². The van der Waals surface area contributed by atoms with Gasteiger partial charge >= 0.3 is 6.09 Å². The Bertz CT molecular complexity index is 1150. The maximum absolute atomic E-state index is 13.4. The highest BCUT2D eigenvalue weighted by Crippen LogP contribution is 2.35. The van der Waals surface area contributed by atoms with Gasteiger partial charge in [-0.2, -0.15) is 4.98 Å². The fraction of sp³-hybridized carbons (Fsp3) is 0.708. The van der Waals surface area contributed by atoms with Gasteiger partial charge in [-0.05, 0) is 62.2 Å². The Morgan fingerprint density at radius 2 is 1.83 bits per heavy atom. The molecule has 2 aromatic heterocycles. The summed E-state index contributed by atoms with van der Waals surface area (Å²) in [5.41, 5.74) is 0.0855. The third-order valence-corrected chi connectivity index (χ3v) is 9.14. The number of piperazine rings is 1. The van der Waals surface area contributed by atoms with Crippen LogP contribution in [0.5, 0.6) is 0 Å². The largest absolute Gasteiger partial charge is 0.444 e. The molecule has 2 aromatic rings. The number of carbonyl (C=O) groups is 1. The topological polar surface area (TPSA) is 81.8 Å². The number of nitrogens with zero attached hydrogens (tertiary/aromatic N) is 5. The molecule has 0 N–H and O–H groups in total. The molecular weight excluding hydrogens is 577 g/mol. The smallest absolute Gasteiger partial charge is 0.410 e. The van der Waals surface area contributed by atoms with Crippen molar-refractivity contribution in [2.24, 2.45) is 7.05 Å². The van der Waals surface area contributed by atoms with Crippen LogP contribution in [0, 0.1) is 3.57 Å². The first kappa shape index (κ1) is 26.5. The number of aromatic nitrogens is 3. The minimum Gasteiger partial charge on any atom is -0.444 e. The van der Waals surface area contributed by atoms with Crippen molar-refractivity contribution in [2.45, 2.75) is 83.7 Å². The van der Waals surface area contributed by atoms with Crippen LogP contribution < -0.4 is 10.5 Å². The van der Waals surface area contributed by atoms with E-state index in [1.165, 1.54) is 0 Å². The second kappa shape index (κ2) is 9.69. The van der Waals surface area contributed by atoms with E-state index < -0.39 is 13.7 Å². The van der Waals surface area contributed by atoms with E-state index in [-0.39, 0.29) is 23.7 Å². The first-order valence-electron chi connectivity index (χ1n) is 12.3. The summed E-state index contributed by atoms with van der Waals surface area (Å²) in [6.45, 7) is 14.9. The molecule has 194 valence electrons. The highest BCUT2D eigenvalue weighted by molar-refractivity contribution is 14.1. The van der Waals surface area contributed by atoms with Gasteiger partial charge in [-0.25, -0.2) is 4.79 Å². The summed E-state index contributed by atoms with van der Waals surface area (Å²) in [5, 5.41) is 0.630. The lowest BCUT2D eigenvalue weighted by molar-refractivity contribution is 0.0208. The van der Waals surface area contributed by atoms with E-state index in [0.717, 1.165) is 22.5 Å². The molecule has 2 fully saturated rings. The molecule has 2 atom stereocenters. The summed E-state index contributed by atoms with van der Waals surface area (Å²) in [6, 6.07) is 1.30. The summed E-state index contributed by atoms with van der Waals surface area (Å²) in [4.78, 5) is 35.2. The molecule has 0 saturated carbocycles. The maximum Gasteiger partial charge on any atom is 0.410 e. The molecular formula is C24H38IN5O4Si. The molecule has 1 amide bonds. The number of hydrogen-bond acceptors (Lipinski definition) is 6. The number of likely N-dealkylation sites (tertiary alicyclic amines) is 1. The van der Waals surface area contributed by atoms with Crippen LogP contribution in [0.3, 0.4) is 0 Å². The van der Waals surface area contributed by atoms with Crippen molar-refractivity contribution < 1.29 is 14.3 Å². The molecule has 2 bridgehead atoms. The third-order valence-electron chi connectivity index (χ3n) is 6.62. The molecule has 0 radical (unpaired) electrons. The monoisotopic (exact) mass is 615 g/mol. The Kier molecular flexibility index (Phi) is 7.33. The van der Waals surface area contributed by atoms with Crippen molar-refractivity contribution in [2.75, 3.05) is 24.6 Å². The summed E-state index contributed by atoms with van der Waals surface area (Å²) >= 11 is 2.21. The predicted octanol–water partition coefficient (Wildman–Crippen LogP) is 4.24. The number of rotatable bonds is 6. The van der Waals surface area contributed by atoms with Gasteiger partial charge in [0.1, 0.15) is 12.3 Å². The van der Waals surface area contributed by atoms with Crippen molar-refractivity contribution in [3.8, 4) is 0 Å². The second-order valence-electron chi connectivity index (χ2n) is 11.9. The van der Waals surface area contributed by atoms with Gasteiger partial charge in [-0.15, -0.1) is 0 Å². The Morgan fingerprint density at radius 1 is 1.20 bits per heavy atom. The molecule has 4 rings (SSSR count). The van der Waals surface area contributed by atoms with Gasteiger partial charge in [0.15, 0.2) is 5.65 Å². The van der Waals surface area contributed by atoms with Crippen molar-refractivity contribution in [3.05, 3.63) is 20.1 Å². The van der Waals surface area contributed by atoms with Crippen LogP contribution in [0.2, 0.25) is 25.7 Å². The van der Waals surface area contributed by atoms with E-state index in [4.69, 9.17) is 14.5 Å². The van der Waals surface area contributed by atoms with Crippen LogP contribution in [0.15, 0.2) is 11.0 Å². The number of hydrogen-bond donors (Lipinski definition) is 0. The fourth-order valence-electron chi connectivity index (χ4n) is 4.83. The Labute approximate surface area is 221 Å². The maximum atomic E-state index is 13.4. The van der Waals surface area contributed by atoms with E-state index in [1.807, 2.05) is 31.5 Å². The molecule has 2 unspecified atom stereocenters. The summed E-state index contributed by atoms with van der Waals surface area (Å²) in [5.74, 6) is 0.664. The van der Waals surface area contributed by atoms with Gasteiger partial charge in [-0.1, -0.05) is 19.6 Å². The normalized spacial score (nSPS) is 20.7. The SMILES string of the molecule is Cn1c(N2C3CCC2CN(C(=O)OC(C)(C)C)C3)nc2c(c(I)cn2COCC[Si](C)(C)C)c1=O. The third kappa shape index (κ3) is 5.71. The molecule has 0 aromatic carbocycles. The molecule has 11 heteroatoms. The van der Waals surface area contributed by atoms with E-state index in [1.54, 1.807) is 16.5 Å². The van der Waals surface area contributed by atoms with Crippen LogP contribution >= 0.6 is 22.6 Å². The van der Waals surface area contributed by atoms with Gasteiger partial charge in [-0.3, -0.25) is 9.36 Å². The summed E-state index contributed by atoms with van der Waals surface area (Å²) in [6.07, 6.45) is 3.59. The van der Waals surface area contributed by atoms with E-state index in [2.05, 4.69) is 47.1 Å². The number of carbonyl (C=O) groups excluding carboxylic acids is 1. The molecule has 4 heterocycles. The van der Waals surface area contributed by atoms with E-state index in [0.29, 0.717) is 43.4 Å². The Morgan fingerprint density at radius 3 is 2.40 bits per heavy atom. The van der Waals surface area contributed by atoms with Crippen LogP contribution in [-0.4, -0.2) is 70.6 Å². The first-order chi connectivity index (χ1) is 16.2. The number of amides is 1. The van der Waals surface area contributed by atoms with Crippen molar-refractivity contribution in [3.63, 3.8) is 0 Å². The molecule has 35 heavy (non-hydrogen) atoms. The summed E-state index contributed by atoms with van der Waals surface area (Å²) in [7, 11) is 0.618. The molecule has 2 aliphatic heterocycles. The average molecular weight is 616 g/mol. The fourth-order valence-corrected chi connectivity index (χ4v) is 6.40. The quantitative estimate of drug-likeness (QED) is 0.275. The van der Waals surface area contributed by atoms with Gasteiger partial charge in [0, 0.05) is 44.6 Å². The van der Waals surface area contributed by atoms with E-state index >= 15 is 0 Å². The van der Waals surface area contributed by atoms with Crippen molar-refractivity contribution in [1.82, 2.24) is 19.0 Å². The molecule has 2 saturated heterocycles. The molecule has 2 aliphatic rings. The number of halogens is 1. The van der Waals surface area contributed by atoms with Gasteiger partial charge < -0.3 is 23.8 Å². The number of fused-ring (bicyclic) bond motifs is 3. The van der Waals surface area contributed by atoms with E-state index in [9.17, 15) is 9.59 Å². The van der Waals surface area contributed by atoms with Crippen LogP contribution in [0.4, 0.5) is 10.7 Å². The predicted molar refractivity (Wildman–Crippen MR) is 149 cm³/mol. The zero-order valence-corrected chi connectivity index (χ0v) is 25.1. The minimum absolute atomic E-state index is 0.0516. The Balaban J connectivity index is 1.60. The van der Waals surface area contributed by atoms with Crippen molar-refractivity contribution >= 4 is 53.7 Å². The molecule has 0 aliphatic carbocycles. The zero-order valence-electron chi connectivity index (χ0n) is 21.9. The number of anilines is 1. The Hall–Kier alpha value is -1.60. The highest BCUT2D eigenvalue weighted by atomic mass is 127. The van der Waals surface area contributed by atoms with Crippen molar-refractivity contribution in [1.29, 1.82) is 0 Å². The highest BCUT2D eigenvalue weighted by Gasteiger charge is 2.44. The zero-order chi connectivity index (χ0) is 25.7.